The number of amides is 1. The van der Waals surface area contributed by atoms with Crippen LogP contribution >= 0.6 is 23.4 Å². The number of furan rings is 1. The molecule has 0 aliphatic heterocycles. The van der Waals surface area contributed by atoms with E-state index in [-0.39, 0.29) is 5.91 Å². The average molecular weight is 324 g/mol. The van der Waals surface area contributed by atoms with Crippen LogP contribution in [0.3, 0.4) is 0 Å². The molecule has 1 amide bonds. The van der Waals surface area contributed by atoms with Crippen molar-refractivity contribution in [2.24, 2.45) is 0 Å². The van der Waals surface area contributed by atoms with Crippen molar-refractivity contribution >= 4 is 29.3 Å². The van der Waals surface area contributed by atoms with Crippen LogP contribution in [0.5, 0.6) is 0 Å². The van der Waals surface area contributed by atoms with E-state index in [1.807, 2.05) is 30.0 Å². The summed E-state index contributed by atoms with van der Waals surface area (Å²) in [6, 6.07) is 10.8. The Hall–Kier alpha value is -1.39. The first kappa shape index (κ1) is 16.0. The zero-order valence-corrected chi connectivity index (χ0v) is 13.6. The van der Waals surface area contributed by atoms with Crippen LogP contribution in [0.25, 0.3) is 11.3 Å². The minimum absolute atomic E-state index is 0.197. The van der Waals surface area contributed by atoms with Crippen LogP contribution in [0.15, 0.2) is 40.8 Å². The zero-order chi connectivity index (χ0) is 15.2. The fraction of sp³-hybridized carbons (Fsp3) is 0.312. The van der Waals surface area contributed by atoms with E-state index in [1.54, 1.807) is 18.2 Å². The summed E-state index contributed by atoms with van der Waals surface area (Å²) in [5, 5.41) is 4.02. The normalized spacial score (nSPS) is 10.9. The van der Waals surface area contributed by atoms with E-state index in [0.29, 0.717) is 28.3 Å². The summed E-state index contributed by atoms with van der Waals surface area (Å²) in [5.74, 6) is 1.60. The molecule has 0 spiro atoms. The molecule has 1 aromatic heterocycles. The van der Waals surface area contributed by atoms with E-state index in [2.05, 4.69) is 19.2 Å². The van der Waals surface area contributed by atoms with E-state index < -0.39 is 0 Å². The Morgan fingerprint density at radius 3 is 2.76 bits per heavy atom. The third-order valence-corrected chi connectivity index (χ3v) is 4.24. The number of rotatable bonds is 6. The number of thioether (sulfide) groups is 1. The largest absolute Gasteiger partial charge is 0.451 e. The monoisotopic (exact) mass is 323 g/mol. The van der Waals surface area contributed by atoms with Crippen LogP contribution in [-0.2, 0) is 0 Å². The third kappa shape index (κ3) is 4.55. The van der Waals surface area contributed by atoms with Crippen LogP contribution in [-0.4, -0.2) is 23.5 Å². The molecule has 0 unspecified atom stereocenters. The molecule has 5 heteroatoms. The second-order valence-corrected chi connectivity index (χ2v) is 6.91. The Kier molecular flexibility index (Phi) is 5.76. The van der Waals surface area contributed by atoms with Gasteiger partial charge in [-0.2, -0.15) is 11.8 Å². The van der Waals surface area contributed by atoms with E-state index >= 15 is 0 Å². The predicted molar refractivity (Wildman–Crippen MR) is 89.1 cm³/mol. The van der Waals surface area contributed by atoms with Gasteiger partial charge in [0.25, 0.3) is 5.91 Å². The summed E-state index contributed by atoms with van der Waals surface area (Å²) < 4.78 is 5.59. The first-order chi connectivity index (χ1) is 10.1. The molecule has 0 radical (unpaired) electrons. The van der Waals surface area contributed by atoms with Crippen molar-refractivity contribution in [2.75, 3.05) is 12.3 Å². The highest BCUT2D eigenvalue weighted by atomic mass is 35.5. The molecule has 1 aromatic carbocycles. The van der Waals surface area contributed by atoms with Gasteiger partial charge in [0.15, 0.2) is 5.76 Å². The van der Waals surface area contributed by atoms with Crippen molar-refractivity contribution in [1.82, 2.24) is 5.32 Å². The van der Waals surface area contributed by atoms with Gasteiger partial charge in [-0.1, -0.05) is 37.6 Å². The van der Waals surface area contributed by atoms with Gasteiger partial charge in [-0.15, -0.1) is 0 Å². The minimum atomic E-state index is -0.197. The minimum Gasteiger partial charge on any atom is -0.451 e. The Bertz CT molecular complexity index is 610. The number of carbonyl (C=O) groups excluding carboxylic acids is 1. The average Bonchev–Trinajstić information content (AvgIpc) is 2.93. The molecule has 0 saturated heterocycles. The summed E-state index contributed by atoms with van der Waals surface area (Å²) >= 11 is 7.93. The molecule has 0 aliphatic carbocycles. The van der Waals surface area contributed by atoms with Crippen molar-refractivity contribution in [2.45, 2.75) is 19.1 Å². The Balaban J connectivity index is 1.97. The number of nitrogens with one attached hydrogen (secondary N) is 1. The van der Waals surface area contributed by atoms with Gasteiger partial charge in [0.1, 0.15) is 5.76 Å². The fourth-order valence-electron chi connectivity index (χ4n) is 1.81. The van der Waals surface area contributed by atoms with Crippen LogP contribution in [0.4, 0.5) is 0 Å². The molecule has 21 heavy (non-hydrogen) atoms. The molecule has 112 valence electrons. The van der Waals surface area contributed by atoms with Crippen molar-refractivity contribution < 1.29 is 9.21 Å². The highest BCUT2D eigenvalue weighted by molar-refractivity contribution is 7.99. The van der Waals surface area contributed by atoms with Gasteiger partial charge in [-0.05, 0) is 29.5 Å². The molecule has 1 N–H and O–H groups in total. The maximum Gasteiger partial charge on any atom is 0.287 e. The van der Waals surface area contributed by atoms with Crippen LogP contribution in [0.1, 0.15) is 24.4 Å². The lowest BCUT2D eigenvalue weighted by atomic mass is 10.2. The lowest BCUT2D eigenvalue weighted by Crippen LogP contribution is -2.25. The topological polar surface area (TPSA) is 42.2 Å². The van der Waals surface area contributed by atoms with E-state index in [0.717, 1.165) is 11.3 Å². The van der Waals surface area contributed by atoms with E-state index in [1.165, 1.54) is 0 Å². The van der Waals surface area contributed by atoms with Crippen molar-refractivity contribution in [3.8, 4) is 11.3 Å². The number of hydrogen-bond acceptors (Lipinski definition) is 3. The van der Waals surface area contributed by atoms with Crippen LogP contribution in [0.2, 0.25) is 5.02 Å². The lowest BCUT2D eigenvalue weighted by molar-refractivity contribution is 0.0929. The van der Waals surface area contributed by atoms with Crippen molar-refractivity contribution in [3.63, 3.8) is 0 Å². The van der Waals surface area contributed by atoms with Crippen LogP contribution in [0, 0.1) is 0 Å². The Morgan fingerprint density at radius 2 is 2.05 bits per heavy atom. The highest BCUT2D eigenvalue weighted by Gasteiger charge is 2.13. The van der Waals surface area contributed by atoms with Gasteiger partial charge < -0.3 is 9.73 Å². The van der Waals surface area contributed by atoms with Gasteiger partial charge in [0, 0.05) is 17.9 Å². The maximum absolute atomic E-state index is 12.0. The van der Waals surface area contributed by atoms with E-state index in [4.69, 9.17) is 16.0 Å². The highest BCUT2D eigenvalue weighted by Crippen LogP contribution is 2.28. The maximum atomic E-state index is 12.0. The molecule has 0 aliphatic rings. The van der Waals surface area contributed by atoms with Gasteiger partial charge in [0.2, 0.25) is 0 Å². The molecular formula is C16H18ClNO2S. The van der Waals surface area contributed by atoms with Crippen LogP contribution < -0.4 is 5.32 Å². The second-order valence-electron chi connectivity index (χ2n) is 4.82. The molecule has 2 aromatic rings. The van der Waals surface area contributed by atoms with Gasteiger partial charge in [0.05, 0.1) is 5.02 Å². The first-order valence-electron chi connectivity index (χ1n) is 6.82. The molecular weight excluding hydrogens is 306 g/mol. The summed E-state index contributed by atoms with van der Waals surface area (Å²) in [4.78, 5) is 12.0. The second kappa shape index (κ2) is 7.57. The molecule has 1 heterocycles. The summed E-state index contributed by atoms with van der Waals surface area (Å²) in [7, 11) is 0. The summed E-state index contributed by atoms with van der Waals surface area (Å²) in [5.41, 5.74) is 0.786. The number of benzene rings is 1. The third-order valence-electron chi connectivity index (χ3n) is 2.81. The smallest absolute Gasteiger partial charge is 0.287 e. The molecule has 2 rings (SSSR count). The van der Waals surface area contributed by atoms with Gasteiger partial charge in [-0.3, -0.25) is 4.79 Å². The SMILES string of the molecule is CC(C)SCCNC(=O)c1ccc(-c2ccccc2Cl)o1. The van der Waals surface area contributed by atoms with Crippen molar-refractivity contribution in [1.29, 1.82) is 0 Å². The van der Waals surface area contributed by atoms with Gasteiger partial charge >= 0.3 is 0 Å². The molecule has 0 bridgehead atoms. The Labute approximate surface area is 134 Å². The molecule has 0 atom stereocenters. The summed E-state index contributed by atoms with van der Waals surface area (Å²) in [6.45, 7) is 4.90. The Morgan fingerprint density at radius 1 is 1.29 bits per heavy atom. The fourth-order valence-corrected chi connectivity index (χ4v) is 2.73. The molecule has 3 nitrogen and oxygen atoms in total. The number of halogens is 1. The standard InChI is InChI=1S/C16H18ClNO2S/c1-11(2)21-10-9-18-16(19)15-8-7-14(20-15)12-5-3-4-6-13(12)17/h3-8,11H,9-10H2,1-2H3,(H,18,19). The lowest BCUT2D eigenvalue weighted by Gasteiger charge is -2.05. The first-order valence-corrected chi connectivity index (χ1v) is 8.25. The zero-order valence-electron chi connectivity index (χ0n) is 12.1. The predicted octanol–water partition coefficient (Wildman–Crippen LogP) is 4.47. The number of hydrogen-bond donors (Lipinski definition) is 1. The van der Waals surface area contributed by atoms with Crippen molar-refractivity contribution in [3.05, 3.63) is 47.2 Å². The summed E-state index contributed by atoms with van der Waals surface area (Å²) in [6.07, 6.45) is 0. The molecule has 0 saturated carbocycles. The van der Waals surface area contributed by atoms with E-state index in [9.17, 15) is 4.79 Å². The quantitative estimate of drug-likeness (QED) is 0.797. The molecule has 0 fully saturated rings. The van der Waals surface area contributed by atoms with Gasteiger partial charge in [-0.25, -0.2) is 0 Å². The number of carbonyl (C=O) groups is 1.